The number of nitrogens with one attached hydrogen (secondary N) is 1. The predicted molar refractivity (Wildman–Crippen MR) is 152 cm³/mol. The lowest BCUT2D eigenvalue weighted by Crippen LogP contribution is -2.59. The van der Waals surface area contributed by atoms with Crippen LogP contribution in [0.5, 0.6) is 0 Å². The van der Waals surface area contributed by atoms with Crippen LogP contribution in [-0.4, -0.2) is 41.3 Å². The van der Waals surface area contributed by atoms with Gasteiger partial charge >= 0.3 is 12.4 Å². The van der Waals surface area contributed by atoms with Gasteiger partial charge in [-0.25, -0.2) is 0 Å². The molecule has 2 saturated carbocycles. The van der Waals surface area contributed by atoms with Crippen LogP contribution in [-0.2, 0) is 31.4 Å². The van der Waals surface area contributed by atoms with Crippen molar-refractivity contribution in [3.63, 3.8) is 0 Å². The van der Waals surface area contributed by atoms with Crippen LogP contribution >= 0.6 is 0 Å². The van der Waals surface area contributed by atoms with Crippen LogP contribution in [0.1, 0.15) is 84.3 Å². The third-order valence-electron chi connectivity index (χ3n) is 11.2. The Kier molecular flexibility index (Phi) is 7.51. The molecule has 1 amide bonds. The summed E-state index contributed by atoms with van der Waals surface area (Å²) in [7, 11) is 0. The monoisotopic (exact) mass is 642 g/mol. The van der Waals surface area contributed by atoms with Crippen molar-refractivity contribution in [2.24, 2.45) is 34.5 Å². The van der Waals surface area contributed by atoms with E-state index in [0.717, 1.165) is 12.1 Å². The fraction of sp³-hybridized carbons (Fsp3) is 0.697. The molecular weight excluding hydrogens is 602 g/mol. The van der Waals surface area contributed by atoms with Crippen LogP contribution in [0.3, 0.4) is 0 Å². The van der Waals surface area contributed by atoms with Crippen LogP contribution in [0.15, 0.2) is 30.0 Å². The molecule has 45 heavy (non-hydrogen) atoms. The number of carbonyl (C=O) groups is 2. The van der Waals surface area contributed by atoms with Gasteiger partial charge in [0.15, 0.2) is 12.0 Å². The second kappa shape index (κ2) is 10.5. The van der Waals surface area contributed by atoms with Crippen molar-refractivity contribution in [2.75, 3.05) is 11.9 Å². The molecule has 12 heteroatoms. The lowest BCUT2D eigenvalue weighted by Gasteiger charge is -2.60. The molecule has 1 aromatic carbocycles. The molecule has 5 unspecified atom stereocenters. The number of rotatable bonds is 4. The first kappa shape index (κ1) is 32.3. The quantitative estimate of drug-likeness (QED) is 0.268. The molecule has 0 spiro atoms. The van der Waals surface area contributed by atoms with Crippen LogP contribution in [0.25, 0.3) is 0 Å². The Morgan fingerprint density at radius 1 is 1.00 bits per heavy atom. The van der Waals surface area contributed by atoms with Gasteiger partial charge in [-0.1, -0.05) is 13.8 Å². The third kappa shape index (κ3) is 5.68. The molecule has 248 valence electrons. The molecule has 6 nitrogen and oxygen atoms in total. The number of hydrogen-bond acceptors (Lipinski definition) is 5. The van der Waals surface area contributed by atoms with E-state index in [1.807, 2.05) is 27.7 Å². The van der Waals surface area contributed by atoms with Gasteiger partial charge in [-0.05, 0) is 94.2 Å². The first-order valence-electron chi connectivity index (χ1n) is 15.7. The Hall–Kier alpha value is -2.60. The standard InChI is InChI=1S/C33H40F6N2O4/c1-29(2,3)45-28-27(44-28)41-16-19-20-8-9-23(30(20,4)13-11-21(19)31(5)12-10-18(42)15-25(31)41)26(43)40-24-14-17(32(34,35)36)6-7-22(24)33(37,38)39/h6-7,14-15,19-21,23,27-28H,8-13,16H2,1-5H3,(H,40,43)/t19?,20?,21?,23-,27?,28?,30+,31-/m1/s1. The summed E-state index contributed by atoms with van der Waals surface area (Å²) in [5.74, 6) is -0.875. The minimum atomic E-state index is -4.94. The molecule has 3 aliphatic carbocycles. The molecule has 0 aromatic heterocycles. The highest BCUT2D eigenvalue weighted by Gasteiger charge is 2.64. The zero-order valence-electron chi connectivity index (χ0n) is 26.1. The number of ether oxygens (including phenoxy) is 2. The normalized spacial score (nSPS) is 36.6. The van der Waals surface area contributed by atoms with Gasteiger partial charge in [-0.3, -0.25) is 9.59 Å². The highest BCUT2D eigenvalue weighted by molar-refractivity contribution is 5.94. The second-order valence-corrected chi connectivity index (χ2v) is 15.0. The summed E-state index contributed by atoms with van der Waals surface area (Å²) in [6.45, 7) is 10.6. The topological polar surface area (TPSA) is 71.2 Å². The number of piperidine rings is 1. The summed E-state index contributed by atoms with van der Waals surface area (Å²) in [5, 5.41) is 2.27. The Labute approximate surface area is 258 Å². The van der Waals surface area contributed by atoms with E-state index in [1.165, 1.54) is 0 Å². The first-order chi connectivity index (χ1) is 20.7. The molecule has 2 aliphatic heterocycles. The lowest BCUT2D eigenvalue weighted by molar-refractivity contribution is -0.141. The fourth-order valence-corrected chi connectivity index (χ4v) is 9.06. The van der Waals surface area contributed by atoms with Gasteiger partial charge in [0.05, 0.1) is 22.4 Å². The Morgan fingerprint density at radius 3 is 2.36 bits per heavy atom. The first-order valence-corrected chi connectivity index (χ1v) is 15.7. The summed E-state index contributed by atoms with van der Waals surface area (Å²) in [5.41, 5.74) is -3.78. The van der Waals surface area contributed by atoms with E-state index in [0.29, 0.717) is 56.8 Å². The van der Waals surface area contributed by atoms with Crippen molar-refractivity contribution in [3.8, 4) is 0 Å². The number of halogens is 6. The van der Waals surface area contributed by atoms with Crippen molar-refractivity contribution in [1.82, 2.24) is 4.90 Å². The van der Waals surface area contributed by atoms with Gasteiger partial charge in [0.1, 0.15) is 0 Å². The smallest absolute Gasteiger partial charge is 0.344 e. The summed E-state index contributed by atoms with van der Waals surface area (Å²) in [4.78, 5) is 28.5. The van der Waals surface area contributed by atoms with Crippen LogP contribution < -0.4 is 5.32 Å². The van der Waals surface area contributed by atoms with Crippen LogP contribution in [0.2, 0.25) is 0 Å². The summed E-state index contributed by atoms with van der Waals surface area (Å²) < 4.78 is 93.6. The molecule has 0 bridgehead atoms. The molecule has 6 rings (SSSR count). The maximum Gasteiger partial charge on any atom is 0.418 e. The van der Waals surface area contributed by atoms with Crippen LogP contribution in [0.4, 0.5) is 32.0 Å². The van der Waals surface area contributed by atoms with Crippen LogP contribution in [0, 0.1) is 34.5 Å². The number of amides is 1. The predicted octanol–water partition coefficient (Wildman–Crippen LogP) is 7.79. The number of ketones is 1. The van der Waals surface area contributed by atoms with Gasteiger partial charge in [0, 0.05) is 36.1 Å². The van der Waals surface area contributed by atoms with Gasteiger partial charge in [0.25, 0.3) is 0 Å². The molecule has 1 aromatic rings. The molecule has 8 atom stereocenters. The number of benzene rings is 1. The number of likely N-dealkylation sites (tertiary alicyclic amines) is 1. The minimum Gasteiger partial charge on any atom is -0.344 e. The Balaban J connectivity index is 1.28. The number of hydrogen-bond donors (Lipinski definition) is 1. The van der Waals surface area contributed by atoms with Crippen molar-refractivity contribution < 1.29 is 45.4 Å². The molecule has 2 heterocycles. The highest BCUT2D eigenvalue weighted by Crippen LogP contribution is 2.66. The number of carbonyl (C=O) groups excluding carboxylic acids is 2. The molecule has 1 N–H and O–H groups in total. The van der Waals surface area contributed by atoms with E-state index in [1.54, 1.807) is 6.08 Å². The molecule has 2 saturated heterocycles. The number of nitrogens with zero attached hydrogens (tertiary/aromatic N) is 1. The van der Waals surface area contributed by atoms with Gasteiger partial charge < -0.3 is 19.7 Å². The maximum absolute atomic E-state index is 13.8. The average molecular weight is 643 g/mol. The fourth-order valence-electron chi connectivity index (χ4n) is 9.06. The van der Waals surface area contributed by atoms with Gasteiger partial charge in [-0.15, -0.1) is 0 Å². The number of anilines is 1. The van der Waals surface area contributed by atoms with E-state index in [9.17, 15) is 35.9 Å². The Bertz CT molecular complexity index is 1420. The van der Waals surface area contributed by atoms with Gasteiger partial charge in [0.2, 0.25) is 12.2 Å². The number of allylic oxidation sites excluding steroid dienone is 2. The zero-order chi connectivity index (χ0) is 32.9. The van der Waals surface area contributed by atoms with Crippen molar-refractivity contribution in [3.05, 3.63) is 41.1 Å². The third-order valence-corrected chi connectivity index (χ3v) is 11.2. The van der Waals surface area contributed by atoms with E-state index in [-0.39, 0.29) is 35.2 Å². The Morgan fingerprint density at radius 2 is 1.71 bits per heavy atom. The summed E-state index contributed by atoms with van der Waals surface area (Å²) in [6, 6.07) is 1.12. The molecular formula is C33H40F6N2O4. The number of epoxide rings is 1. The molecule has 5 aliphatic rings. The average Bonchev–Trinajstić information content (AvgIpc) is 3.55. The van der Waals surface area contributed by atoms with Crippen molar-refractivity contribution in [2.45, 2.75) is 104 Å². The van der Waals surface area contributed by atoms with E-state index in [2.05, 4.69) is 17.1 Å². The number of fused-ring (bicyclic) bond motifs is 5. The minimum absolute atomic E-state index is 0.0508. The molecule has 4 fully saturated rings. The largest absolute Gasteiger partial charge is 0.418 e. The SMILES string of the molecule is CC(C)(C)OC1OC1N1CC2C(CC[C@@]3(C)C2CC[C@@H]3C(=O)Nc2cc(C(F)(F)F)ccc2C(F)(F)F)[C@@]2(C)CCC(=O)C=C12. The van der Waals surface area contributed by atoms with Crippen molar-refractivity contribution >= 4 is 17.4 Å². The summed E-state index contributed by atoms with van der Waals surface area (Å²) >= 11 is 0. The maximum atomic E-state index is 13.8. The van der Waals surface area contributed by atoms with E-state index >= 15 is 0 Å². The second-order valence-electron chi connectivity index (χ2n) is 15.0. The zero-order valence-corrected chi connectivity index (χ0v) is 26.1. The highest BCUT2D eigenvalue weighted by atomic mass is 19.4. The van der Waals surface area contributed by atoms with Gasteiger partial charge in [-0.2, -0.15) is 26.3 Å². The van der Waals surface area contributed by atoms with Crippen molar-refractivity contribution in [1.29, 1.82) is 0 Å². The van der Waals surface area contributed by atoms with E-state index < -0.39 is 58.3 Å². The summed E-state index contributed by atoms with van der Waals surface area (Å²) in [6.07, 6.45) is -5.22. The van der Waals surface area contributed by atoms with E-state index in [4.69, 9.17) is 9.47 Å². The number of alkyl halides is 6. The lowest BCUT2D eigenvalue weighted by atomic mass is 9.49. The molecule has 0 radical (unpaired) electrons.